The number of imide groups is 1. The molecule has 0 unspecified atom stereocenters. The third-order valence-corrected chi connectivity index (χ3v) is 5.46. The van der Waals surface area contributed by atoms with E-state index < -0.39 is 11.9 Å². The molecule has 0 spiro atoms. The molecule has 0 aromatic heterocycles. The Morgan fingerprint density at radius 1 is 0.875 bits per heavy atom. The average Bonchev–Trinajstić information content (AvgIpc) is 2.84. The zero-order chi connectivity index (χ0) is 22.2. The molecule has 3 aromatic rings. The van der Waals surface area contributed by atoms with Crippen LogP contribution < -0.4 is 16.1 Å². The highest BCUT2D eigenvalue weighted by Gasteiger charge is 2.24. The number of hydrogen-bond acceptors (Lipinski definition) is 6. The van der Waals surface area contributed by atoms with Crippen LogP contribution >= 0.6 is 11.8 Å². The molecular weight excluding hydrogens is 422 g/mol. The van der Waals surface area contributed by atoms with Crippen LogP contribution in [0.15, 0.2) is 101 Å². The van der Waals surface area contributed by atoms with Crippen LogP contribution in [0.2, 0.25) is 0 Å². The van der Waals surface area contributed by atoms with Gasteiger partial charge in [0, 0.05) is 11.3 Å². The van der Waals surface area contributed by atoms with Crippen molar-refractivity contribution in [3.63, 3.8) is 0 Å². The average molecular weight is 444 g/mol. The third kappa shape index (κ3) is 5.61. The van der Waals surface area contributed by atoms with Gasteiger partial charge in [-0.1, -0.05) is 90.6 Å². The number of nitrogens with zero attached hydrogens (tertiary/aromatic N) is 2. The monoisotopic (exact) mass is 443 g/mol. The quantitative estimate of drug-likeness (QED) is 0.552. The zero-order valence-corrected chi connectivity index (χ0v) is 17.9. The van der Waals surface area contributed by atoms with E-state index >= 15 is 0 Å². The number of aliphatic imine (C=N–C) groups is 1. The van der Waals surface area contributed by atoms with Crippen LogP contribution in [-0.2, 0) is 4.79 Å². The fraction of sp³-hybridized carbons (Fsp3) is 0.0833. The summed E-state index contributed by atoms with van der Waals surface area (Å²) in [7, 11) is 0. The van der Waals surface area contributed by atoms with Gasteiger partial charge in [0.1, 0.15) is 6.04 Å². The molecule has 1 heterocycles. The highest BCUT2D eigenvalue weighted by molar-refractivity contribution is 8.14. The van der Waals surface area contributed by atoms with Crippen LogP contribution in [0.25, 0.3) is 0 Å². The van der Waals surface area contributed by atoms with Crippen LogP contribution in [0.5, 0.6) is 0 Å². The van der Waals surface area contributed by atoms with E-state index in [0.717, 1.165) is 16.8 Å². The van der Waals surface area contributed by atoms with Gasteiger partial charge in [-0.3, -0.25) is 15.5 Å². The lowest BCUT2D eigenvalue weighted by Gasteiger charge is -2.22. The second-order valence-corrected chi connectivity index (χ2v) is 7.84. The van der Waals surface area contributed by atoms with E-state index in [2.05, 4.69) is 21.2 Å². The van der Waals surface area contributed by atoms with Gasteiger partial charge in [0.05, 0.1) is 11.5 Å². The molecule has 0 saturated carbocycles. The molecular formula is C24H21N5O2S. The number of anilines is 1. The first-order valence-corrected chi connectivity index (χ1v) is 11.0. The summed E-state index contributed by atoms with van der Waals surface area (Å²) in [5, 5.41) is 9.98. The van der Waals surface area contributed by atoms with Crippen molar-refractivity contribution >= 4 is 40.3 Å². The first kappa shape index (κ1) is 21.3. The Bertz CT molecular complexity index is 1130. The molecule has 32 heavy (non-hydrogen) atoms. The van der Waals surface area contributed by atoms with Gasteiger partial charge in [-0.15, -0.1) is 0 Å². The number of carbonyl (C=O) groups is 2. The summed E-state index contributed by atoms with van der Waals surface area (Å²) in [6.45, 7) is 0. The third-order valence-electron chi connectivity index (χ3n) is 4.59. The van der Waals surface area contributed by atoms with Crippen LogP contribution in [-0.4, -0.2) is 28.6 Å². The van der Waals surface area contributed by atoms with E-state index in [4.69, 9.17) is 4.99 Å². The number of amidine groups is 1. The van der Waals surface area contributed by atoms with Gasteiger partial charge in [-0.2, -0.15) is 5.10 Å². The Balaban J connectivity index is 1.40. The minimum atomic E-state index is -0.577. The molecule has 0 aliphatic carbocycles. The van der Waals surface area contributed by atoms with E-state index in [1.54, 1.807) is 24.3 Å². The number of thioether (sulfide) groups is 1. The van der Waals surface area contributed by atoms with Crippen molar-refractivity contribution in [1.29, 1.82) is 0 Å². The van der Waals surface area contributed by atoms with Crippen molar-refractivity contribution in [3.8, 4) is 0 Å². The lowest BCUT2D eigenvalue weighted by Crippen LogP contribution is -2.36. The van der Waals surface area contributed by atoms with Crippen LogP contribution in [0.3, 0.4) is 0 Å². The highest BCUT2D eigenvalue weighted by Crippen LogP contribution is 2.26. The van der Waals surface area contributed by atoms with Crippen LogP contribution in [0, 0.1) is 0 Å². The summed E-state index contributed by atoms with van der Waals surface area (Å²) < 4.78 is 0. The molecule has 8 heteroatoms. The number of benzene rings is 3. The minimum Gasteiger partial charge on any atom is -0.308 e. The second kappa shape index (κ2) is 10.4. The smallest absolute Gasteiger partial charge is 0.308 e. The first-order valence-electron chi connectivity index (χ1n) is 9.99. The SMILES string of the molecule is O=C(CSC1=N[C@H](c2ccccc2)C(c2ccccc2)=NN1)NC(=O)Nc1ccccc1. The number of hydrogen-bond donors (Lipinski definition) is 3. The van der Waals surface area contributed by atoms with Gasteiger partial charge >= 0.3 is 6.03 Å². The van der Waals surface area contributed by atoms with Crippen LogP contribution in [0.1, 0.15) is 17.2 Å². The standard InChI is InChI=1S/C24H21N5O2S/c30-20(26-23(31)25-19-14-8-3-9-15-19)16-32-24-27-21(17-10-4-1-5-11-17)22(28-29-24)18-12-6-2-7-13-18/h1-15,21H,16H2,(H,27,29)(H2,25,26,30,31)/t21-/m1/s1. The summed E-state index contributed by atoms with van der Waals surface area (Å²) in [5.74, 6) is -0.409. The van der Waals surface area contributed by atoms with E-state index in [-0.39, 0.29) is 11.8 Å². The normalized spacial score (nSPS) is 15.1. The fourth-order valence-electron chi connectivity index (χ4n) is 3.13. The number of urea groups is 1. The first-order chi connectivity index (χ1) is 15.7. The Morgan fingerprint density at radius 3 is 2.19 bits per heavy atom. The predicted octanol–water partition coefficient (Wildman–Crippen LogP) is 4.17. The predicted molar refractivity (Wildman–Crippen MR) is 129 cm³/mol. The summed E-state index contributed by atoms with van der Waals surface area (Å²) >= 11 is 1.19. The summed E-state index contributed by atoms with van der Waals surface area (Å²) in [6.07, 6.45) is 0. The van der Waals surface area contributed by atoms with Crippen molar-refractivity contribution in [3.05, 3.63) is 102 Å². The van der Waals surface area contributed by atoms with Gasteiger partial charge in [-0.05, 0) is 17.7 Å². The van der Waals surface area contributed by atoms with Crippen molar-refractivity contribution in [2.45, 2.75) is 6.04 Å². The van der Waals surface area contributed by atoms with Crippen molar-refractivity contribution in [2.75, 3.05) is 11.1 Å². The molecule has 0 fully saturated rings. The maximum atomic E-state index is 12.2. The number of para-hydroxylation sites is 1. The molecule has 3 N–H and O–H groups in total. The van der Waals surface area contributed by atoms with E-state index in [1.807, 2.05) is 66.7 Å². The van der Waals surface area contributed by atoms with Gasteiger partial charge < -0.3 is 5.32 Å². The molecule has 4 rings (SSSR count). The lowest BCUT2D eigenvalue weighted by molar-refractivity contribution is -0.117. The minimum absolute atomic E-state index is 0.0196. The Hall–Kier alpha value is -3.91. The zero-order valence-electron chi connectivity index (χ0n) is 17.1. The van der Waals surface area contributed by atoms with Crippen LogP contribution in [0.4, 0.5) is 10.5 Å². The molecule has 160 valence electrons. The topological polar surface area (TPSA) is 94.9 Å². The van der Waals surface area contributed by atoms with E-state index in [0.29, 0.717) is 10.9 Å². The van der Waals surface area contributed by atoms with Crippen molar-refractivity contribution < 1.29 is 9.59 Å². The van der Waals surface area contributed by atoms with Gasteiger partial charge in [-0.25, -0.2) is 9.79 Å². The van der Waals surface area contributed by atoms with E-state index in [9.17, 15) is 9.59 Å². The maximum Gasteiger partial charge on any atom is 0.325 e. The molecule has 0 bridgehead atoms. The number of nitrogens with one attached hydrogen (secondary N) is 3. The molecule has 1 aliphatic heterocycles. The molecule has 1 aliphatic rings. The van der Waals surface area contributed by atoms with Gasteiger partial charge in [0.15, 0.2) is 5.17 Å². The Labute approximate surface area is 190 Å². The number of carbonyl (C=O) groups excluding carboxylic acids is 2. The summed E-state index contributed by atoms with van der Waals surface area (Å²) in [5.41, 5.74) is 6.31. The summed E-state index contributed by atoms with van der Waals surface area (Å²) in [6, 6.07) is 27.8. The lowest BCUT2D eigenvalue weighted by atomic mass is 9.97. The molecule has 1 atom stereocenters. The Morgan fingerprint density at radius 2 is 1.50 bits per heavy atom. The maximum absolute atomic E-state index is 12.2. The molecule has 3 aromatic carbocycles. The van der Waals surface area contributed by atoms with Gasteiger partial charge in [0.2, 0.25) is 5.91 Å². The fourth-order valence-corrected chi connectivity index (χ4v) is 3.76. The molecule has 0 radical (unpaired) electrons. The molecule has 3 amide bonds. The Kier molecular flexibility index (Phi) is 6.94. The molecule has 0 saturated heterocycles. The number of hydrazone groups is 1. The second-order valence-electron chi connectivity index (χ2n) is 6.88. The van der Waals surface area contributed by atoms with Gasteiger partial charge in [0.25, 0.3) is 0 Å². The number of amides is 3. The number of rotatable bonds is 5. The summed E-state index contributed by atoms with van der Waals surface area (Å²) in [4.78, 5) is 29.0. The highest BCUT2D eigenvalue weighted by atomic mass is 32.2. The molecule has 7 nitrogen and oxygen atoms in total. The van der Waals surface area contributed by atoms with E-state index in [1.165, 1.54) is 11.8 Å². The van der Waals surface area contributed by atoms with Crippen molar-refractivity contribution in [1.82, 2.24) is 10.7 Å². The largest absolute Gasteiger partial charge is 0.325 e. The van der Waals surface area contributed by atoms with Crippen molar-refractivity contribution in [2.24, 2.45) is 10.1 Å².